The lowest BCUT2D eigenvalue weighted by molar-refractivity contribution is 0.608. The zero-order chi connectivity index (χ0) is 11.6. The highest BCUT2D eigenvalue weighted by molar-refractivity contribution is 9.10. The van der Waals surface area contributed by atoms with Crippen LogP contribution in [-0.2, 0) is 15.5 Å². The van der Waals surface area contributed by atoms with Gasteiger partial charge in [-0.15, -0.1) is 0 Å². The van der Waals surface area contributed by atoms with Crippen LogP contribution in [0, 0.1) is 11.3 Å². The molecule has 0 heterocycles. The molecule has 0 aliphatic carbocycles. The van der Waals surface area contributed by atoms with E-state index in [1.54, 1.807) is 19.1 Å². The van der Waals surface area contributed by atoms with E-state index in [0.717, 1.165) is 0 Å². The van der Waals surface area contributed by atoms with Crippen molar-refractivity contribution in [1.29, 1.82) is 5.26 Å². The molecule has 0 saturated heterocycles. The molecule has 0 saturated carbocycles. The van der Waals surface area contributed by atoms with Gasteiger partial charge in [0, 0.05) is 15.2 Å². The zero-order valence-electron chi connectivity index (χ0n) is 7.79. The number of halogens is 2. The Labute approximate surface area is 101 Å². The van der Waals surface area contributed by atoms with Crippen molar-refractivity contribution in [3.63, 3.8) is 0 Å². The third-order valence-electron chi connectivity index (χ3n) is 1.92. The second-order valence-corrected chi connectivity index (χ2v) is 6.17. The monoisotopic (exact) mass is 307 g/mol. The summed E-state index contributed by atoms with van der Waals surface area (Å²) in [4.78, 5) is -0.0939. The summed E-state index contributed by atoms with van der Waals surface area (Å²) in [5.74, 6) is 0. The summed E-state index contributed by atoms with van der Waals surface area (Å²) in [6, 6.07) is 5.12. The number of nitriles is 1. The summed E-state index contributed by atoms with van der Waals surface area (Å²) < 4.78 is 23.1. The molecule has 0 atom stereocenters. The van der Waals surface area contributed by atoms with Crippen LogP contribution in [0.25, 0.3) is 0 Å². The summed E-state index contributed by atoms with van der Waals surface area (Å²) in [5.41, 5.74) is 0.606. The molecule has 0 aliphatic heterocycles. The summed E-state index contributed by atoms with van der Waals surface area (Å²) in [5, 5.41) is 8.88. The highest BCUT2D eigenvalue weighted by Gasteiger charge is 2.21. The van der Waals surface area contributed by atoms with Crippen LogP contribution < -0.4 is 0 Å². The standard InChI is InChI=1S/C9H7BrClNO2S/c1-2-6-3-4-8(10)7(5-12)9(6)15(11,13)14/h3-4H,2H2,1H3. The fourth-order valence-electron chi connectivity index (χ4n) is 1.26. The molecule has 1 rings (SSSR count). The number of hydrogen-bond acceptors (Lipinski definition) is 3. The second-order valence-electron chi connectivity index (χ2n) is 2.81. The Hall–Kier alpha value is -0.570. The normalized spacial score (nSPS) is 11.1. The summed E-state index contributed by atoms with van der Waals surface area (Å²) in [7, 11) is 1.41. The van der Waals surface area contributed by atoms with E-state index in [4.69, 9.17) is 15.9 Å². The zero-order valence-corrected chi connectivity index (χ0v) is 10.9. The minimum atomic E-state index is -3.89. The first-order valence-corrected chi connectivity index (χ1v) is 7.18. The molecule has 1 aromatic carbocycles. The summed E-state index contributed by atoms with van der Waals surface area (Å²) >= 11 is 3.12. The van der Waals surface area contributed by atoms with Crippen LogP contribution >= 0.6 is 26.6 Å². The van der Waals surface area contributed by atoms with Gasteiger partial charge >= 0.3 is 0 Å². The molecule has 0 aliphatic rings. The molecule has 0 fully saturated rings. The maximum absolute atomic E-state index is 11.3. The molecule has 0 bridgehead atoms. The number of hydrogen-bond donors (Lipinski definition) is 0. The molecular weight excluding hydrogens is 302 g/mol. The average molecular weight is 309 g/mol. The molecule has 80 valence electrons. The quantitative estimate of drug-likeness (QED) is 0.789. The summed E-state index contributed by atoms with van der Waals surface area (Å²) in [6.45, 7) is 1.80. The van der Waals surface area contributed by atoms with Crippen molar-refractivity contribution in [1.82, 2.24) is 0 Å². The highest BCUT2D eigenvalue weighted by Crippen LogP contribution is 2.30. The minimum Gasteiger partial charge on any atom is -0.207 e. The van der Waals surface area contributed by atoms with Gasteiger partial charge in [-0.2, -0.15) is 5.26 Å². The van der Waals surface area contributed by atoms with Gasteiger partial charge in [-0.1, -0.05) is 13.0 Å². The molecule has 3 nitrogen and oxygen atoms in total. The third kappa shape index (κ3) is 2.51. The van der Waals surface area contributed by atoms with Crippen LogP contribution in [0.5, 0.6) is 0 Å². The lowest BCUT2D eigenvalue weighted by atomic mass is 10.1. The van der Waals surface area contributed by atoms with Gasteiger partial charge in [0.25, 0.3) is 9.05 Å². The topological polar surface area (TPSA) is 57.9 Å². The third-order valence-corrected chi connectivity index (χ3v) is 4.00. The molecule has 6 heteroatoms. The Bertz CT molecular complexity index is 534. The largest absolute Gasteiger partial charge is 0.262 e. The van der Waals surface area contributed by atoms with Gasteiger partial charge in [0.15, 0.2) is 0 Å². The van der Waals surface area contributed by atoms with E-state index < -0.39 is 9.05 Å². The van der Waals surface area contributed by atoms with Gasteiger partial charge in [0.1, 0.15) is 11.0 Å². The van der Waals surface area contributed by atoms with Gasteiger partial charge in [0.05, 0.1) is 5.56 Å². The van der Waals surface area contributed by atoms with Crippen LogP contribution in [0.15, 0.2) is 21.5 Å². The molecule has 1 aromatic rings. The van der Waals surface area contributed by atoms with Crippen LogP contribution in [0.3, 0.4) is 0 Å². The average Bonchev–Trinajstić information content (AvgIpc) is 2.15. The maximum atomic E-state index is 11.3. The summed E-state index contributed by atoms with van der Waals surface area (Å²) in [6.07, 6.45) is 0.503. The highest BCUT2D eigenvalue weighted by atomic mass is 79.9. The lowest BCUT2D eigenvalue weighted by Crippen LogP contribution is -2.01. The Kier molecular flexibility index (Phi) is 3.77. The smallest absolute Gasteiger partial charge is 0.207 e. The second kappa shape index (κ2) is 4.52. The molecular formula is C9H7BrClNO2S. The van der Waals surface area contributed by atoms with E-state index in [1.807, 2.05) is 6.07 Å². The lowest BCUT2D eigenvalue weighted by Gasteiger charge is -2.07. The Morgan fingerprint density at radius 1 is 1.53 bits per heavy atom. The van der Waals surface area contributed by atoms with Crippen molar-refractivity contribution in [3.8, 4) is 6.07 Å². The Balaban J connectivity index is 3.73. The van der Waals surface area contributed by atoms with Crippen molar-refractivity contribution in [2.45, 2.75) is 18.2 Å². The van der Waals surface area contributed by atoms with Crippen molar-refractivity contribution in [3.05, 3.63) is 27.7 Å². The maximum Gasteiger partial charge on any atom is 0.262 e. The van der Waals surface area contributed by atoms with E-state index >= 15 is 0 Å². The van der Waals surface area contributed by atoms with Crippen LogP contribution in [0.4, 0.5) is 0 Å². The number of rotatable bonds is 2. The predicted octanol–water partition coefficient (Wildman–Crippen LogP) is 2.81. The van der Waals surface area contributed by atoms with Gasteiger partial charge in [-0.25, -0.2) is 8.42 Å². The first-order valence-electron chi connectivity index (χ1n) is 4.08. The fraction of sp³-hybridized carbons (Fsp3) is 0.222. The molecule has 0 unspecified atom stereocenters. The van der Waals surface area contributed by atoms with E-state index in [1.165, 1.54) is 0 Å². The van der Waals surface area contributed by atoms with Crippen molar-refractivity contribution >= 4 is 35.7 Å². The number of benzene rings is 1. The van der Waals surface area contributed by atoms with Crippen LogP contribution in [0.1, 0.15) is 18.1 Å². The number of nitrogens with zero attached hydrogens (tertiary/aromatic N) is 1. The van der Waals surface area contributed by atoms with E-state index in [2.05, 4.69) is 15.9 Å². The van der Waals surface area contributed by atoms with E-state index in [0.29, 0.717) is 16.5 Å². The van der Waals surface area contributed by atoms with Crippen molar-refractivity contribution in [2.75, 3.05) is 0 Å². The van der Waals surface area contributed by atoms with E-state index in [9.17, 15) is 8.42 Å². The molecule has 0 radical (unpaired) electrons. The number of aryl methyl sites for hydroxylation is 1. The molecule has 0 N–H and O–H groups in total. The Morgan fingerprint density at radius 2 is 2.13 bits per heavy atom. The van der Waals surface area contributed by atoms with Gasteiger partial charge in [0.2, 0.25) is 0 Å². The predicted molar refractivity (Wildman–Crippen MR) is 61.3 cm³/mol. The molecule has 15 heavy (non-hydrogen) atoms. The van der Waals surface area contributed by atoms with E-state index in [-0.39, 0.29) is 10.5 Å². The fourth-order valence-corrected chi connectivity index (χ4v) is 3.27. The van der Waals surface area contributed by atoms with Gasteiger partial charge in [-0.3, -0.25) is 0 Å². The van der Waals surface area contributed by atoms with Gasteiger partial charge in [-0.05, 0) is 34.0 Å². The Morgan fingerprint density at radius 3 is 2.53 bits per heavy atom. The van der Waals surface area contributed by atoms with Crippen molar-refractivity contribution < 1.29 is 8.42 Å². The SMILES string of the molecule is CCc1ccc(Br)c(C#N)c1S(=O)(=O)Cl. The molecule has 0 spiro atoms. The van der Waals surface area contributed by atoms with Crippen LogP contribution in [0.2, 0.25) is 0 Å². The van der Waals surface area contributed by atoms with Gasteiger partial charge < -0.3 is 0 Å². The molecule has 0 amide bonds. The van der Waals surface area contributed by atoms with Crippen LogP contribution in [-0.4, -0.2) is 8.42 Å². The molecule has 0 aromatic heterocycles. The first-order chi connectivity index (χ1) is 6.91. The minimum absolute atomic E-state index is 0.0596. The first kappa shape index (κ1) is 12.5. The van der Waals surface area contributed by atoms with Crippen molar-refractivity contribution in [2.24, 2.45) is 0 Å².